The van der Waals surface area contributed by atoms with Crippen LogP contribution in [0.3, 0.4) is 0 Å². The largest absolute Gasteiger partial charge is 0.369 e. The molecule has 0 aromatic carbocycles. The highest BCUT2D eigenvalue weighted by Gasteiger charge is 2.24. The van der Waals surface area contributed by atoms with Gasteiger partial charge in [0.05, 0.1) is 5.92 Å². The summed E-state index contributed by atoms with van der Waals surface area (Å²) in [5, 5.41) is 6.12. The van der Waals surface area contributed by atoms with Crippen LogP contribution in [0.15, 0.2) is 4.99 Å². The van der Waals surface area contributed by atoms with E-state index < -0.39 is 0 Å². The first-order valence-corrected chi connectivity index (χ1v) is 10.8. The van der Waals surface area contributed by atoms with Crippen LogP contribution in [-0.4, -0.2) is 80.4 Å². The molecule has 0 bridgehead atoms. The summed E-state index contributed by atoms with van der Waals surface area (Å²) in [6.45, 7) is 8.40. The number of rotatable bonds is 8. The van der Waals surface area contributed by atoms with Gasteiger partial charge in [0, 0.05) is 46.2 Å². The van der Waals surface area contributed by atoms with Crippen molar-refractivity contribution in [2.45, 2.75) is 45.4 Å². The van der Waals surface area contributed by atoms with Crippen molar-refractivity contribution in [3.8, 4) is 0 Å². The minimum Gasteiger partial charge on any atom is -0.369 e. The van der Waals surface area contributed by atoms with E-state index in [1.807, 2.05) is 0 Å². The molecule has 168 valence electrons. The Labute approximate surface area is 192 Å². The number of nitrogens with two attached hydrogens (primary N) is 1. The predicted molar refractivity (Wildman–Crippen MR) is 127 cm³/mol. The molecular weight excluding hydrogens is 483 g/mol. The van der Waals surface area contributed by atoms with E-state index in [0.29, 0.717) is 12.3 Å². The van der Waals surface area contributed by atoms with Crippen LogP contribution in [0.4, 0.5) is 0 Å². The van der Waals surface area contributed by atoms with Crippen molar-refractivity contribution in [3.05, 3.63) is 0 Å². The summed E-state index contributed by atoms with van der Waals surface area (Å²) in [6, 6.07) is 0. The molecule has 0 aromatic rings. The van der Waals surface area contributed by atoms with Crippen LogP contribution < -0.4 is 16.4 Å². The second kappa shape index (κ2) is 14.0. The maximum Gasteiger partial charge on any atom is 0.221 e. The number of hydrogen-bond donors (Lipinski definition) is 3. The van der Waals surface area contributed by atoms with E-state index in [1.165, 1.54) is 0 Å². The molecule has 0 radical (unpaired) electrons. The van der Waals surface area contributed by atoms with Gasteiger partial charge in [0.25, 0.3) is 0 Å². The molecular formula is C20H39IN6O2. The van der Waals surface area contributed by atoms with Crippen LogP contribution in [0.25, 0.3) is 0 Å². The number of nitrogens with one attached hydrogen (secondary N) is 2. The number of aliphatic imine (C=N–C) groups is 1. The zero-order valence-corrected chi connectivity index (χ0v) is 20.3. The molecule has 2 heterocycles. The molecule has 0 aromatic heterocycles. The zero-order chi connectivity index (χ0) is 20.4. The number of carbonyl (C=O) groups is 2. The van der Waals surface area contributed by atoms with Crippen LogP contribution >= 0.6 is 24.0 Å². The highest BCUT2D eigenvalue weighted by atomic mass is 127. The number of hydrogen-bond acceptors (Lipinski definition) is 4. The molecule has 2 amide bonds. The van der Waals surface area contributed by atoms with Crippen LogP contribution in [0.5, 0.6) is 0 Å². The van der Waals surface area contributed by atoms with Gasteiger partial charge in [-0.3, -0.25) is 14.6 Å². The Kier molecular flexibility index (Phi) is 12.5. The van der Waals surface area contributed by atoms with E-state index in [0.717, 1.165) is 83.9 Å². The molecule has 8 nitrogen and oxygen atoms in total. The van der Waals surface area contributed by atoms with E-state index in [1.54, 1.807) is 7.05 Å². The van der Waals surface area contributed by atoms with Crippen molar-refractivity contribution in [1.82, 2.24) is 20.4 Å². The van der Waals surface area contributed by atoms with Crippen molar-refractivity contribution < 1.29 is 9.59 Å². The molecule has 2 fully saturated rings. The normalized spacial score (nSPS) is 21.4. The summed E-state index contributed by atoms with van der Waals surface area (Å²) >= 11 is 0. The van der Waals surface area contributed by atoms with Crippen molar-refractivity contribution in [3.63, 3.8) is 0 Å². The molecule has 2 aliphatic heterocycles. The Morgan fingerprint density at radius 3 is 2.52 bits per heavy atom. The van der Waals surface area contributed by atoms with Crippen molar-refractivity contribution in [1.29, 1.82) is 0 Å². The lowest BCUT2D eigenvalue weighted by Crippen LogP contribution is -2.46. The maximum absolute atomic E-state index is 11.6. The van der Waals surface area contributed by atoms with E-state index in [2.05, 4.69) is 27.4 Å². The van der Waals surface area contributed by atoms with Gasteiger partial charge in [0.15, 0.2) is 5.96 Å². The number of nitrogens with zero attached hydrogens (tertiary/aromatic N) is 3. The third kappa shape index (κ3) is 9.06. The molecule has 2 aliphatic rings. The Bertz CT molecular complexity index is 537. The molecule has 1 atom stereocenters. The Balaban J connectivity index is 0.00000420. The molecule has 9 heteroatoms. The average Bonchev–Trinajstić information content (AvgIpc) is 2.71. The van der Waals surface area contributed by atoms with Gasteiger partial charge in [0.2, 0.25) is 11.8 Å². The lowest BCUT2D eigenvalue weighted by Gasteiger charge is -2.34. The van der Waals surface area contributed by atoms with E-state index in [4.69, 9.17) is 10.7 Å². The number of primary amides is 1. The van der Waals surface area contributed by atoms with Crippen LogP contribution in [-0.2, 0) is 9.59 Å². The van der Waals surface area contributed by atoms with Gasteiger partial charge in [0.1, 0.15) is 0 Å². The van der Waals surface area contributed by atoms with E-state index >= 15 is 0 Å². The molecule has 0 saturated carbocycles. The first kappa shape index (κ1) is 25.9. The molecule has 0 spiro atoms. The fourth-order valence-corrected chi connectivity index (χ4v) is 4.11. The Morgan fingerprint density at radius 2 is 1.90 bits per heavy atom. The number of guanidine groups is 1. The zero-order valence-electron chi connectivity index (χ0n) is 18.0. The minimum atomic E-state index is -0.169. The first-order valence-electron chi connectivity index (χ1n) is 10.8. The minimum absolute atomic E-state index is 0. The second-order valence-corrected chi connectivity index (χ2v) is 7.94. The SMILES string of the molecule is CCNC(=NCCCN1CCCC(C(N)=O)C1)N1CCC(CC(=O)NC)CC1.I. The molecule has 2 rings (SSSR count). The number of piperidine rings is 2. The fourth-order valence-electron chi connectivity index (χ4n) is 4.11. The third-order valence-corrected chi connectivity index (χ3v) is 5.80. The highest BCUT2D eigenvalue weighted by Crippen LogP contribution is 2.20. The molecule has 0 aliphatic carbocycles. The topological polar surface area (TPSA) is 103 Å². The summed E-state index contributed by atoms with van der Waals surface area (Å²) in [6.07, 6.45) is 5.63. The van der Waals surface area contributed by atoms with E-state index in [9.17, 15) is 9.59 Å². The first-order chi connectivity index (χ1) is 13.5. The molecule has 2 saturated heterocycles. The third-order valence-electron chi connectivity index (χ3n) is 5.80. The standard InChI is InChI=1S/C20H38N6O2.HI/c1-3-23-20(26-12-7-16(8-13-26)14-18(27)22-2)24-9-5-11-25-10-4-6-17(15-25)19(21)28;/h16-17H,3-15H2,1-2H3,(H2,21,28)(H,22,27)(H,23,24);1H. The Hall–Kier alpha value is -1.10. The summed E-state index contributed by atoms with van der Waals surface area (Å²) < 4.78 is 0. The molecule has 4 N–H and O–H groups in total. The molecule has 1 unspecified atom stereocenters. The molecule has 29 heavy (non-hydrogen) atoms. The van der Waals surface area contributed by atoms with Gasteiger partial charge in [-0.1, -0.05) is 0 Å². The highest BCUT2D eigenvalue weighted by molar-refractivity contribution is 14.0. The fraction of sp³-hybridized carbons (Fsp3) is 0.850. The van der Waals surface area contributed by atoms with Gasteiger partial charge in [-0.2, -0.15) is 0 Å². The van der Waals surface area contributed by atoms with Gasteiger partial charge in [-0.05, 0) is 58.0 Å². The van der Waals surface area contributed by atoms with Gasteiger partial charge in [-0.25, -0.2) is 0 Å². The smallest absolute Gasteiger partial charge is 0.221 e. The lowest BCUT2D eigenvalue weighted by atomic mass is 9.93. The van der Waals surface area contributed by atoms with Crippen molar-refractivity contribution in [2.75, 3.05) is 52.9 Å². The van der Waals surface area contributed by atoms with Crippen LogP contribution in [0, 0.1) is 11.8 Å². The second-order valence-electron chi connectivity index (χ2n) is 7.94. The van der Waals surface area contributed by atoms with Crippen LogP contribution in [0.1, 0.15) is 45.4 Å². The average molecular weight is 522 g/mol. The van der Waals surface area contributed by atoms with Gasteiger partial charge < -0.3 is 26.2 Å². The lowest BCUT2D eigenvalue weighted by molar-refractivity contribution is -0.123. The van der Waals surface area contributed by atoms with E-state index in [-0.39, 0.29) is 41.7 Å². The van der Waals surface area contributed by atoms with Gasteiger partial charge >= 0.3 is 0 Å². The monoisotopic (exact) mass is 522 g/mol. The Morgan fingerprint density at radius 1 is 1.17 bits per heavy atom. The number of carbonyl (C=O) groups excluding carboxylic acids is 2. The van der Waals surface area contributed by atoms with Crippen molar-refractivity contribution in [2.24, 2.45) is 22.6 Å². The summed E-state index contributed by atoms with van der Waals surface area (Å²) in [5.74, 6) is 1.42. The summed E-state index contributed by atoms with van der Waals surface area (Å²) in [7, 11) is 1.70. The summed E-state index contributed by atoms with van der Waals surface area (Å²) in [5.41, 5.74) is 5.46. The number of amides is 2. The van der Waals surface area contributed by atoms with Gasteiger partial charge in [-0.15, -0.1) is 24.0 Å². The van der Waals surface area contributed by atoms with Crippen LogP contribution in [0.2, 0.25) is 0 Å². The number of likely N-dealkylation sites (tertiary alicyclic amines) is 2. The number of halogens is 1. The predicted octanol–water partition coefficient (Wildman–Crippen LogP) is 1.01. The maximum atomic E-state index is 11.6. The van der Waals surface area contributed by atoms with Crippen molar-refractivity contribution >= 4 is 41.8 Å². The summed E-state index contributed by atoms with van der Waals surface area (Å²) in [4.78, 5) is 32.4. The quantitative estimate of drug-likeness (QED) is 0.191.